The molecule has 1 saturated heterocycles. The minimum absolute atomic E-state index is 0.00722. The molecule has 3 heterocycles. The van der Waals surface area contributed by atoms with E-state index >= 15 is 0 Å². The molecule has 37 heavy (non-hydrogen) atoms. The highest BCUT2D eigenvalue weighted by Crippen LogP contribution is 2.32. The summed E-state index contributed by atoms with van der Waals surface area (Å²) in [5, 5.41) is 17.0. The molecule has 8 nitrogen and oxygen atoms in total. The Balaban J connectivity index is 1.21. The van der Waals surface area contributed by atoms with Crippen molar-refractivity contribution in [2.24, 2.45) is 0 Å². The number of carboxylic acid groups (broad SMARTS) is 1. The Morgan fingerprint density at radius 3 is 3.00 bits per heavy atom. The van der Waals surface area contributed by atoms with Gasteiger partial charge >= 0.3 is 5.97 Å². The summed E-state index contributed by atoms with van der Waals surface area (Å²) >= 11 is 1.54. The van der Waals surface area contributed by atoms with Gasteiger partial charge in [0.25, 0.3) is 0 Å². The van der Waals surface area contributed by atoms with E-state index in [0.29, 0.717) is 12.3 Å². The molecule has 9 heteroatoms. The monoisotopic (exact) mass is 521 g/mol. The number of hydrogen-bond donors (Lipinski definition) is 3. The van der Waals surface area contributed by atoms with E-state index in [2.05, 4.69) is 21.7 Å². The molecule has 0 saturated carbocycles. The van der Waals surface area contributed by atoms with Crippen LogP contribution in [-0.2, 0) is 27.3 Å². The largest absolute Gasteiger partial charge is 0.495 e. The molecule has 3 aromatic rings. The predicted molar refractivity (Wildman–Crippen MR) is 143 cm³/mol. The molecular weight excluding hydrogens is 490 g/mol. The maximum absolute atomic E-state index is 11.7. The topological polar surface area (TPSA) is 110 Å². The normalized spacial score (nSPS) is 21.3. The number of amides is 1. The second-order valence-electron chi connectivity index (χ2n) is 9.52. The van der Waals surface area contributed by atoms with Crippen molar-refractivity contribution in [2.75, 3.05) is 18.2 Å². The Morgan fingerprint density at radius 2 is 2.16 bits per heavy atom. The smallest absolute Gasteiger partial charge is 0.306 e. The first-order valence-corrected chi connectivity index (χ1v) is 13.5. The van der Waals surface area contributed by atoms with Crippen molar-refractivity contribution in [3.8, 4) is 5.75 Å². The molecule has 0 spiro atoms. The summed E-state index contributed by atoms with van der Waals surface area (Å²) in [6.45, 7) is 0.577. The number of carboxylic acids is 1. The number of anilines is 1. The van der Waals surface area contributed by atoms with Crippen LogP contribution in [0.4, 0.5) is 5.69 Å². The van der Waals surface area contributed by atoms with E-state index in [1.807, 2.05) is 36.4 Å². The van der Waals surface area contributed by atoms with Crippen LogP contribution in [-0.4, -0.2) is 53.1 Å². The van der Waals surface area contributed by atoms with Gasteiger partial charge in [-0.2, -0.15) is 0 Å². The van der Waals surface area contributed by atoms with Gasteiger partial charge in [-0.15, -0.1) is 11.8 Å². The molecule has 0 aliphatic carbocycles. The van der Waals surface area contributed by atoms with E-state index in [-0.39, 0.29) is 24.5 Å². The SMILES string of the molecule is COc1cnc2cccc(CC[C@@H]3CC[C@@H](NCc4ccc5c(c4)NC(=O)CS5)[C@@H](CC(=O)O)O3)c2c1. The van der Waals surface area contributed by atoms with Crippen molar-refractivity contribution < 1.29 is 24.2 Å². The zero-order chi connectivity index (χ0) is 25.8. The van der Waals surface area contributed by atoms with Crippen LogP contribution in [0.1, 0.15) is 36.8 Å². The number of nitrogens with one attached hydrogen (secondary N) is 2. The molecule has 3 atom stereocenters. The molecule has 1 amide bonds. The summed E-state index contributed by atoms with van der Waals surface area (Å²) in [7, 11) is 1.64. The lowest BCUT2D eigenvalue weighted by molar-refractivity contribution is -0.145. The fraction of sp³-hybridized carbons (Fsp3) is 0.393. The first-order valence-electron chi connectivity index (χ1n) is 12.6. The summed E-state index contributed by atoms with van der Waals surface area (Å²) < 4.78 is 11.7. The van der Waals surface area contributed by atoms with Gasteiger partial charge in [0.05, 0.1) is 48.9 Å². The Kier molecular flexibility index (Phi) is 7.93. The van der Waals surface area contributed by atoms with E-state index in [1.165, 1.54) is 17.3 Å². The molecule has 1 aromatic heterocycles. The van der Waals surface area contributed by atoms with Crippen LogP contribution in [0.2, 0.25) is 0 Å². The van der Waals surface area contributed by atoms with E-state index in [4.69, 9.17) is 9.47 Å². The van der Waals surface area contributed by atoms with E-state index in [0.717, 1.165) is 58.5 Å². The highest BCUT2D eigenvalue weighted by Gasteiger charge is 2.32. The van der Waals surface area contributed by atoms with E-state index in [1.54, 1.807) is 13.3 Å². The lowest BCUT2D eigenvalue weighted by Crippen LogP contribution is -2.48. The van der Waals surface area contributed by atoms with Crippen LogP contribution in [0.5, 0.6) is 5.75 Å². The molecular formula is C28H31N3O5S. The van der Waals surface area contributed by atoms with Crippen molar-refractivity contribution in [3.63, 3.8) is 0 Å². The molecule has 0 unspecified atom stereocenters. The van der Waals surface area contributed by atoms with Gasteiger partial charge in [-0.1, -0.05) is 18.2 Å². The molecule has 2 aromatic carbocycles. The van der Waals surface area contributed by atoms with Crippen molar-refractivity contribution in [1.82, 2.24) is 10.3 Å². The molecule has 1 fully saturated rings. The van der Waals surface area contributed by atoms with Crippen LogP contribution in [0.15, 0.2) is 53.6 Å². The number of pyridine rings is 1. The van der Waals surface area contributed by atoms with E-state index < -0.39 is 12.1 Å². The number of aliphatic carboxylic acids is 1. The lowest BCUT2D eigenvalue weighted by Gasteiger charge is -2.37. The predicted octanol–water partition coefficient (Wildman–Crippen LogP) is 4.40. The number of nitrogens with zero attached hydrogens (tertiary/aromatic N) is 1. The van der Waals surface area contributed by atoms with Gasteiger partial charge in [0.15, 0.2) is 0 Å². The van der Waals surface area contributed by atoms with Gasteiger partial charge in [0.2, 0.25) is 5.91 Å². The van der Waals surface area contributed by atoms with Crippen LogP contribution in [0, 0.1) is 0 Å². The maximum atomic E-state index is 11.7. The number of aromatic nitrogens is 1. The third-order valence-corrected chi connectivity index (χ3v) is 8.07. The number of carbonyl (C=O) groups excluding carboxylic acids is 1. The molecule has 2 aliphatic rings. The number of benzene rings is 2. The van der Waals surface area contributed by atoms with Gasteiger partial charge in [-0.3, -0.25) is 14.6 Å². The summed E-state index contributed by atoms with van der Waals surface area (Å²) in [5.74, 6) is 0.311. The first-order chi connectivity index (χ1) is 18.0. The van der Waals surface area contributed by atoms with Crippen molar-refractivity contribution in [3.05, 3.63) is 59.8 Å². The lowest BCUT2D eigenvalue weighted by atomic mass is 9.92. The second kappa shape index (κ2) is 11.5. The maximum Gasteiger partial charge on any atom is 0.306 e. The Labute approximate surface area is 220 Å². The molecule has 2 aliphatic heterocycles. The zero-order valence-corrected chi connectivity index (χ0v) is 21.6. The van der Waals surface area contributed by atoms with Crippen LogP contribution in [0.3, 0.4) is 0 Å². The highest BCUT2D eigenvalue weighted by molar-refractivity contribution is 8.00. The number of hydrogen-bond acceptors (Lipinski definition) is 7. The molecule has 194 valence electrons. The molecule has 0 bridgehead atoms. The minimum atomic E-state index is -0.863. The first kappa shape index (κ1) is 25.5. The number of methoxy groups -OCH3 is 1. The van der Waals surface area contributed by atoms with Crippen molar-refractivity contribution >= 4 is 40.2 Å². The Hall–Kier alpha value is -3.14. The zero-order valence-electron chi connectivity index (χ0n) is 20.7. The van der Waals surface area contributed by atoms with Gasteiger partial charge in [-0.25, -0.2) is 0 Å². The number of carbonyl (C=O) groups is 2. The fourth-order valence-corrected chi connectivity index (χ4v) is 5.88. The summed E-state index contributed by atoms with van der Waals surface area (Å²) in [6.07, 6.45) is 4.59. The van der Waals surface area contributed by atoms with E-state index in [9.17, 15) is 14.7 Å². The number of rotatable bonds is 9. The number of fused-ring (bicyclic) bond motifs is 2. The summed E-state index contributed by atoms with van der Waals surface area (Å²) in [5.41, 5.74) is 3.98. The van der Waals surface area contributed by atoms with Gasteiger partial charge in [0.1, 0.15) is 5.75 Å². The number of thioether (sulfide) groups is 1. The van der Waals surface area contributed by atoms with Gasteiger partial charge in [0, 0.05) is 22.9 Å². The molecule has 5 rings (SSSR count). The highest BCUT2D eigenvalue weighted by atomic mass is 32.2. The average molecular weight is 522 g/mol. The number of ether oxygens (including phenoxy) is 2. The van der Waals surface area contributed by atoms with Crippen LogP contribution >= 0.6 is 11.8 Å². The number of aryl methyl sites for hydroxylation is 1. The average Bonchev–Trinajstić information content (AvgIpc) is 2.90. The van der Waals surface area contributed by atoms with Gasteiger partial charge < -0.3 is 25.2 Å². The Morgan fingerprint density at radius 1 is 1.27 bits per heavy atom. The summed E-state index contributed by atoms with van der Waals surface area (Å²) in [4.78, 5) is 28.9. The van der Waals surface area contributed by atoms with Gasteiger partial charge in [-0.05, 0) is 61.1 Å². The molecule has 0 radical (unpaired) electrons. The second-order valence-corrected chi connectivity index (χ2v) is 10.5. The van der Waals surface area contributed by atoms with Crippen molar-refractivity contribution in [2.45, 2.75) is 61.8 Å². The third kappa shape index (κ3) is 6.23. The Bertz CT molecular complexity index is 1300. The quantitative estimate of drug-likeness (QED) is 0.380. The third-order valence-electron chi connectivity index (χ3n) is 7.00. The standard InChI is InChI=1S/C28H31N3O5S/c1-35-20-12-21-18(3-2-4-22(21)30-15-20)6-7-19-8-9-23(25(36-19)13-28(33)34)29-14-17-5-10-26-24(11-17)31-27(32)16-37-26/h2-5,10-12,15,19,23,25,29H,6-9,13-14,16H2,1H3,(H,31,32)(H,33,34)/t19-,23-,25-/m1/s1. The fourth-order valence-electron chi connectivity index (χ4n) is 5.10. The van der Waals surface area contributed by atoms with Crippen LogP contribution in [0.25, 0.3) is 10.9 Å². The van der Waals surface area contributed by atoms with Crippen LogP contribution < -0.4 is 15.4 Å². The minimum Gasteiger partial charge on any atom is -0.495 e. The summed E-state index contributed by atoms with van der Waals surface area (Å²) in [6, 6.07) is 14.1. The van der Waals surface area contributed by atoms with Crippen molar-refractivity contribution in [1.29, 1.82) is 0 Å². The molecule has 3 N–H and O–H groups in total.